The molecular formula is C24H23BrCl2O2. The lowest BCUT2D eigenvalue weighted by molar-refractivity contribution is 0.127. The van der Waals surface area contributed by atoms with E-state index in [4.69, 9.17) is 32.7 Å². The molecule has 2 nitrogen and oxygen atoms in total. The summed E-state index contributed by atoms with van der Waals surface area (Å²) in [5, 5.41) is 2.00. The van der Waals surface area contributed by atoms with Crippen LogP contribution in [0.2, 0.25) is 5.02 Å². The van der Waals surface area contributed by atoms with Gasteiger partial charge in [0.2, 0.25) is 0 Å². The van der Waals surface area contributed by atoms with Crippen molar-refractivity contribution in [2.75, 3.05) is 11.9 Å². The molecular weight excluding hydrogens is 471 g/mol. The highest BCUT2D eigenvalue weighted by atomic mass is 79.9. The summed E-state index contributed by atoms with van der Waals surface area (Å²) in [7, 11) is 0. The average Bonchev–Trinajstić information content (AvgIpc) is 3.16. The minimum absolute atomic E-state index is 0.0798. The highest BCUT2D eigenvalue weighted by molar-refractivity contribution is 9.09. The van der Waals surface area contributed by atoms with Crippen molar-refractivity contribution >= 4 is 39.1 Å². The molecule has 0 N–H and O–H groups in total. The molecule has 0 radical (unpaired) electrons. The van der Waals surface area contributed by atoms with E-state index in [0.29, 0.717) is 28.2 Å². The van der Waals surface area contributed by atoms with E-state index in [2.05, 4.69) is 41.2 Å². The molecule has 0 aromatic heterocycles. The SMILES string of the molecule is C=C/C(Cl)=C(\C=C)O[C@H]1CCc2c(-c3cccc(OCCCBr)c3Cl)cccc21. The zero-order valence-electron chi connectivity index (χ0n) is 16.1. The van der Waals surface area contributed by atoms with E-state index in [0.717, 1.165) is 41.3 Å². The summed E-state index contributed by atoms with van der Waals surface area (Å²) in [6, 6.07) is 12.2. The van der Waals surface area contributed by atoms with E-state index in [1.165, 1.54) is 5.56 Å². The Morgan fingerprint density at radius 1 is 1.14 bits per heavy atom. The first kappa shape index (κ1) is 22.0. The third-order valence-electron chi connectivity index (χ3n) is 4.87. The molecule has 0 fully saturated rings. The van der Waals surface area contributed by atoms with Gasteiger partial charge in [-0.3, -0.25) is 0 Å². The van der Waals surface area contributed by atoms with Crippen molar-refractivity contribution < 1.29 is 9.47 Å². The van der Waals surface area contributed by atoms with Gasteiger partial charge >= 0.3 is 0 Å². The topological polar surface area (TPSA) is 18.5 Å². The van der Waals surface area contributed by atoms with E-state index >= 15 is 0 Å². The van der Waals surface area contributed by atoms with Crippen LogP contribution in [0.1, 0.15) is 30.1 Å². The van der Waals surface area contributed by atoms with Gasteiger partial charge in [-0.05, 0) is 54.2 Å². The highest BCUT2D eigenvalue weighted by Crippen LogP contribution is 2.44. The number of fused-ring (bicyclic) bond motifs is 1. The molecule has 0 amide bonds. The molecule has 0 spiro atoms. The quantitative estimate of drug-likeness (QED) is 0.152. The van der Waals surface area contributed by atoms with Gasteiger partial charge < -0.3 is 9.47 Å². The van der Waals surface area contributed by atoms with Crippen LogP contribution in [-0.4, -0.2) is 11.9 Å². The number of hydrogen-bond donors (Lipinski definition) is 0. The fraction of sp³-hybridized carbons (Fsp3) is 0.250. The Morgan fingerprint density at radius 3 is 2.62 bits per heavy atom. The van der Waals surface area contributed by atoms with Crippen LogP contribution in [0.25, 0.3) is 11.1 Å². The van der Waals surface area contributed by atoms with Gasteiger partial charge in [-0.2, -0.15) is 0 Å². The smallest absolute Gasteiger partial charge is 0.138 e. The predicted molar refractivity (Wildman–Crippen MR) is 126 cm³/mol. The molecule has 0 saturated heterocycles. The summed E-state index contributed by atoms with van der Waals surface area (Å²) in [6.45, 7) is 8.12. The standard InChI is InChI=1S/C24H23BrCl2O2/c1-3-20(26)21(4-2)29-22-13-12-17-16(8-5-9-18(17)22)19-10-6-11-23(24(19)27)28-15-7-14-25/h3-6,8-11,22H,1-2,7,12-15H2/b21-20-/t22-/m0/s1. The van der Waals surface area contributed by atoms with E-state index in [1.54, 1.807) is 12.2 Å². The van der Waals surface area contributed by atoms with Crippen LogP contribution in [0.4, 0.5) is 0 Å². The van der Waals surface area contributed by atoms with Crippen LogP contribution in [0.5, 0.6) is 5.75 Å². The zero-order valence-corrected chi connectivity index (χ0v) is 19.2. The maximum absolute atomic E-state index is 6.71. The second-order valence-electron chi connectivity index (χ2n) is 6.65. The molecule has 1 atom stereocenters. The van der Waals surface area contributed by atoms with Gasteiger partial charge in [-0.1, -0.05) is 82.6 Å². The average molecular weight is 494 g/mol. The van der Waals surface area contributed by atoms with Crippen molar-refractivity contribution in [3.8, 4) is 16.9 Å². The molecule has 1 aliphatic carbocycles. The van der Waals surface area contributed by atoms with Crippen molar-refractivity contribution in [3.63, 3.8) is 0 Å². The van der Waals surface area contributed by atoms with Gasteiger partial charge in [0.15, 0.2) is 0 Å². The van der Waals surface area contributed by atoms with Gasteiger partial charge in [-0.25, -0.2) is 0 Å². The van der Waals surface area contributed by atoms with Gasteiger partial charge in [0, 0.05) is 10.9 Å². The number of alkyl halides is 1. The molecule has 0 saturated carbocycles. The number of ether oxygens (including phenoxy) is 2. The molecule has 2 aromatic rings. The molecule has 0 unspecified atom stereocenters. The fourth-order valence-corrected chi connectivity index (χ4v) is 4.15. The normalized spacial score (nSPS) is 16.0. The van der Waals surface area contributed by atoms with E-state index in [-0.39, 0.29) is 6.10 Å². The molecule has 0 aliphatic heterocycles. The Kier molecular flexibility index (Phi) is 7.88. The van der Waals surface area contributed by atoms with Crippen LogP contribution in [-0.2, 0) is 11.2 Å². The van der Waals surface area contributed by atoms with E-state index < -0.39 is 0 Å². The summed E-state index contributed by atoms with van der Waals surface area (Å²) in [6.07, 6.45) is 5.79. The number of rotatable bonds is 9. The van der Waals surface area contributed by atoms with Crippen molar-refractivity contribution in [1.82, 2.24) is 0 Å². The van der Waals surface area contributed by atoms with Gasteiger partial charge in [-0.15, -0.1) is 0 Å². The van der Waals surface area contributed by atoms with Crippen LogP contribution >= 0.6 is 39.1 Å². The number of halogens is 3. The third-order valence-corrected chi connectivity index (χ3v) is 6.17. The second-order valence-corrected chi connectivity index (χ2v) is 8.23. The lowest BCUT2D eigenvalue weighted by Gasteiger charge is -2.17. The lowest BCUT2D eigenvalue weighted by atomic mass is 9.96. The monoisotopic (exact) mass is 492 g/mol. The number of benzene rings is 2. The Morgan fingerprint density at radius 2 is 1.90 bits per heavy atom. The first-order valence-corrected chi connectivity index (χ1v) is 11.4. The lowest BCUT2D eigenvalue weighted by Crippen LogP contribution is -2.01. The Balaban J connectivity index is 1.93. The maximum atomic E-state index is 6.71. The molecule has 0 heterocycles. The maximum Gasteiger partial charge on any atom is 0.138 e. The number of allylic oxidation sites excluding steroid dienone is 3. The largest absolute Gasteiger partial charge is 0.492 e. The van der Waals surface area contributed by atoms with Crippen LogP contribution in [0, 0.1) is 0 Å². The van der Waals surface area contributed by atoms with Gasteiger partial charge in [0.05, 0.1) is 16.7 Å². The molecule has 152 valence electrons. The summed E-state index contributed by atoms with van der Waals surface area (Å²) in [5.41, 5.74) is 4.49. The van der Waals surface area contributed by atoms with E-state index in [9.17, 15) is 0 Å². The summed E-state index contributed by atoms with van der Waals surface area (Å²) < 4.78 is 12.0. The Bertz CT molecular complexity index is 936. The van der Waals surface area contributed by atoms with Crippen molar-refractivity contribution in [3.05, 3.63) is 88.6 Å². The third kappa shape index (κ3) is 4.91. The summed E-state index contributed by atoms with van der Waals surface area (Å²) >= 11 is 16.3. The first-order chi connectivity index (χ1) is 14.1. The molecule has 2 aromatic carbocycles. The minimum atomic E-state index is -0.0798. The van der Waals surface area contributed by atoms with Crippen LogP contribution in [0.15, 0.2) is 72.5 Å². The Hall–Kier alpha value is -1.68. The molecule has 29 heavy (non-hydrogen) atoms. The van der Waals surface area contributed by atoms with E-state index in [1.807, 2.05) is 24.3 Å². The summed E-state index contributed by atoms with van der Waals surface area (Å²) in [4.78, 5) is 0. The number of hydrogen-bond acceptors (Lipinski definition) is 2. The second kappa shape index (κ2) is 10.4. The predicted octanol–water partition coefficient (Wildman–Crippen LogP) is 8.00. The highest BCUT2D eigenvalue weighted by Gasteiger charge is 2.28. The fourth-order valence-electron chi connectivity index (χ4n) is 3.51. The van der Waals surface area contributed by atoms with Crippen LogP contribution < -0.4 is 4.74 Å². The molecule has 1 aliphatic rings. The van der Waals surface area contributed by atoms with Crippen molar-refractivity contribution in [1.29, 1.82) is 0 Å². The van der Waals surface area contributed by atoms with Crippen molar-refractivity contribution in [2.24, 2.45) is 0 Å². The van der Waals surface area contributed by atoms with Crippen molar-refractivity contribution in [2.45, 2.75) is 25.4 Å². The minimum Gasteiger partial charge on any atom is -0.492 e. The first-order valence-electron chi connectivity index (χ1n) is 9.51. The Labute approximate surface area is 190 Å². The molecule has 5 heteroatoms. The molecule has 3 rings (SSSR count). The zero-order chi connectivity index (χ0) is 20.8. The van der Waals surface area contributed by atoms with Gasteiger partial charge in [0.25, 0.3) is 0 Å². The summed E-state index contributed by atoms with van der Waals surface area (Å²) in [5.74, 6) is 1.26. The molecule has 0 bridgehead atoms. The van der Waals surface area contributed by atoms with Gasteiger partial charge in [0.1, 0.15) is 17.6 Å². The van der Waals surface area contributed by atoms with Crippen LogP contribution in [0.3, 0.4) is 0 Å².